The highest BCUT2D eigenvalue weighted by Crippen LogP contribution is 2.12. The molecule has 3 heteroatoms. The number of aromatic amines is 1. The highest BCUT2D eigenvalue weighted by molar-refractivity contribution is 5.77. The summed E-state index contributed by atoms with van der Waals surface area (Å²) in [5.41, 5.74) is 2.10. The van der Waals surface area contributed by atoms with E-state index in [2.05, 4.69) is 33.5 Å². The number of hydrogen-bond acceptors (Lipinski definition) is 2. The van der Waals surface area contributed by atoms with Gasteiger partial charge in [-0.15, -0.1) is 0 Å². The lowest BCUT2D eigenvalue weighted by Gasteiger charge is -1.94. The maximum absolute atomic E-state index is 4.32. The van der Waals surface area contributed by atoms with Crippen LogP contribution >= 0.6 is 0 Å². The second kappa shape index (κ2) is 4.75. The maximum Gasteiger partial charge on any atom is 0.137 e. The predicted octanol–water partition coefficient (Wildman–Crippen LogP) is 2.19. The van der Waals surface area contributed by atoms with Gasteiger partial charge in [0, 0.05) is 17.8 Å². The van der Waals surface area contributed by atoms with Gasteiger partial charge in [0.25, 0.3) is 0 Å². The Balaban J connectivity index is 2.10. The van der Waals surface area contributed by atoms with Gasteiger partial charge >= 0.3 is 0 Å². The standard InChI is InChI=1S/C12H15N3/c1-13-6-3-2-4-10-8-11-5-7-14-12(11)15-9-10/h2,4-5,7-9,13H,3,6H2,1H3,(H,14,15). The Kier molecular flexibility index (Phi) is 3.15. The van der Waals surface area contributed by atoms with Crippen molar-refractivity contribution in [2.75, 3.05) is 13.6 Å². The monoisotopic (exact) mass is 201 g/mol. The summed E-state index contributed by atoms with van der Waals surface area (Å²) in [5.74, 6) is 0. The van der Waals surface area contributed by atoms with Crippen LogP contribution in [0.3, 0.4) is 0 Å². The summed E-state index contributed by atoms with van der Waals surface area (Å²) < 4.78 is 0. The molecule has 0 aliphatic carbocycles. The summed E-state index contributed by atoms with van der Waals surface area (Å²) in [6.45, 7) is 1.01. The zero-order valence-corrected chi connectivity index (χ0v) is 8.83. The number of hydrogen-bond donors (Lipinski definition) is 2. The largest absolute Gasteiger partial charge is 0.346 e. The van der Waals surface area contributed by atoms with E-state index in [1.54, 1.807) is 0 Å². The lowest BCUT2D eigenvalue weighted by Crippen LogP contribution is -2.05. The van der Waals surface area contributed by atoms with Crippen LogP contribution in [0.2, 0.25) is 0 Å². The first-order valence-electron chi connectivity index (χ1n) is 5.14. The van der Waals surface area contributed by atoms with Crippen LogP contribution in [-0.4, -0.2) is 23.6 Å². The Hall–Kier alpha value is -1.61. The van der Waals surface area contributed by atoms with Crippen LogP contribution in [-0.2, 0) is 0 Å². The quantitative estimate of drug-likeness (QED) is 0.744. The molecule has 0 atom stereocenters. The van der Waals surface area contributed by atoms with Crippen LogP contribution < -0.4 is 5.32 Å². The molecule has 0 aromatic carbocycles. The van der Waals surface area contributed by atoms with E-state index in [-0.39, 0.29) is 0 Å². The van der Waals surface area contributed by atoms with E-state index in [9.17, 15) is 0 Å². The topological polar surface area (TPSA) is 40.7 Å². The zero-order valence-electron chi connectivity index (χ0n) is 8.83. The molecule has 2 N–H and O–H groups in total. The molecular formula is C12H15N3. The van der Waals surface area contributed by atoms with Gasteiger partial charge in [-0.25, -0.2) is 4.98 Å². The van der Waals surface area contributed by atoms with E-state index < -0.39 is 0 Å². The van der Waals surface area contributed by atoms with Gasteiger partial charge in [0.2, 0.25) is 0 Å². The van der Waals surface area contributed by atoms with Crippen molar-refractivity contribution in [2.45, 2.75) is 6.42 Å². The third kappa shape index (κ3) is 2.44. The van der Waals surface area contributed by atoms with Crippen LogP contribution in [0.25, 0.3) is 17.1 Å². The van der Waals surface area contributed by atoms with Gasteiger partial charge in [0.1, 0.15) is 5.65 Å². The van der Waals surface area contributed by atoms with Gasteiger partial charge in [-0.2, -0.15) is 0 Å². The Bertz CT molecular complexity index is 457. The van der Waals surface area contributed by atoms with E-state index in [1.165, 1.54) is 0 Å². The number of aromatic nitrogens is 2. The van der Waals surface area contributed by atoms with E-state index in [4.69, 9.17) is 0 Å². The fraction of sp³-hybridized carbons (Fsp3) is 0.250. The van der Waals surface area contributed by atoms with E-state index >= 15 is 0 Å². The summed E-state index contributed by atoms with van der Waals surface area (Å²) in [6.07, 6.45) is 9.10. The fourth-order valence-electron chi connectivity index (χ4n) is 1.50. The molecule has 0 radical (unpaired) electrons. The van der Waals surface area contributed by atoms with Gasteiger partial charge in [0.15, 0.2) is 0 Å². The SMILES string of the molecule is CNCCC=Cc1cnc2[nH]ccc2c1. The molecule has 15 heavy (non-hydrogen) atoms. The first-order valence-corrected chi connectivity index (χ1v) is 5.14. The second-order valence-corrected chi connectivity index (χ2v) is 3.48. The van der Waals surface area contributed by atoms with E-state index in [0.717, 1.165) is 29.6 Å². The molecule has 0 fully saturated rings. The molecule has 0 spiro atoms. The minimum atomic E-state index is 0.947. The second-order valence-electron chi connectivity index (χ2n) is 3.48. The van der Waals surface area contributed by atoms with Crippen molar-refractivity contribution >= 4 is 17.1 Å². The molecule has 3 nitrogen and oxygen atoms in total. The van der Waals surface area contributed by atoms with E-state index in [1.807, 2.05) is 25.5 Å². The Morgan fingerprint density at radius 1 is 1.53 bits per heavy atom. The van der Waals surface area contributed by atoms with Gasteiger partial charge in [-0.05, 0) is 37.7 Å². The molecular weight excluding hydrogens is 186 g/mol. The van der Waals surface area contributed by atoms with E-state index in [0.29, 0.717) is 0 Å². The van der Waals surface area contributed by atoms with Crippen LogP contribution in [0.4, 0.5) is 0 Å². The molecule has 2 rings (SSSR count). The molecule has 0 aliphatic rings. The average Bonchev–Trinajstić information content (AvgIpc) is 2.71. The molecule has 0 saturated heterocycles. The summed E-state index contributed by atoms with van der Waals surface area (Å²) in [4.78, 5) is 7.40. The first kappa shape index (κ1) is 9.93. The molecule has 0 amide bonds. The van der Waals surface area contributed by atoms with Crippen LogP contribution in [0.15, 0.2) is 30.6 Å². The first-order chi connectivity index (χ1) is 7.40. The molecule has 78 valence electrons. The summed E-state index contributed by atoms with van der Waals surface area (Å²) >= 11 is 0. The highest BCUT2D eigenvalue weighted by Gasteiger charge is 1.94. The van der Waals surface area contributed by atoms with Crippen LogP contribution in [0, 0.1) is 0 Å². The third-order valence-electron chi connectivity index (χ3n) is 2.29. The van der Waals surface area contributed by atoms with Crippen molar-refractivity contribution in [2.24, 2.45) is 0 Å². The van der Waals surface area contributed by atoms with Crippen molar-refractivity contribution in [3.8, 4) is 0 Å². The zero-order chi connectivity index (χ0) is 10.5. The smallest absolute Gasteiger partial charge is 0.137 e. The molecule has 0 saturated carbocycles. The fourth-order valence-corrected chi connectivity index (χ4v) is 1.50. The molecule has 0 bridgehead atoms. The van der Waals surface area contributed by atoms with Crippen molar-refractivity contribution in [3.05, 3.63) is 36.2 Å². The van der Waals surface area contributed by atoms with Crippen LogP contribution in [0.5, 0.6) is 0 Å². The lowest BCUT2D eigenvalue weighted by atomic mass is 10.2. The minimum absolute atomic E-state index is 0.947. The number of H-pyrrole nitrogens is 1. The summed E-state index contributed by atoms with van der Waals surface area (Å²) in [5, 5.41) is 4.27. The van der Waals surface area contributed by atoms with Crippen molar-refractivity contribution < 1.29 is 0 Å². The van der Waals surface area contributed by atoms with Gasteiger partial charge in [-0.3, -0.25) is 0 Å². The average molecular weight is 201 g/mol. The number of nitrogens with one attached hydrogen (secondary N) is 2. The normalized spacial score (nSPS) is 11.5. The maximum atomic E-state index is 4.32. The summed E-state index contributed by atoms with van der Waals surface area (Å²) in [6, 6.07) is 4.17. The minimum Gasteiger partial charge on any atom is -0.346 e. The molecule has 0 unspecified atom stereocenters. The molecule has 0 aliphatic heterocycles. The Morgan fingerprint density at radius 3 is 3.33 bits per heavy atom. The number of rotatable bonds is 4. The third-order valence-corrected chi connectivity index (χ3v) is 2.29. The van der Waals surface area contributed by atoms with Crippen LogP contribution in [0.1, 0.15) is 12.0 Å². The molecule has 2 aromatic heterocycles. The molecule has 2 heterocycles. The van der Waals surface area contributed by atoms with Crippen molar-refractivity contribution in [1.29, 1.82) is 0 Å². The lowest BCUT2D eigenvalue weighted by molar-refractivity contribution is 0.809. The number of nitrogens with zero attached hydrogens (tertiary/aromatic N) is 1. The van der Waals surface area contributed by atoms with Crippen molar-refractivity contribution in [1.82, 2.24) is 15.3 Å². The Labute approximate surface area is 89.2 Å². The number of fused-ring (bicyclic) bond motifs is 1. The predicted molar refractivity (Wildman–Crippen MR) is 63.7 cm³/mol. The van der Waals surface area contributed by atoms with Gasteiger partial charge < -0.3 is 10.3 Å². The van der Waals surface area contributed by atoms with Gasteiger partial charge in [0.05, 0.1) is 0 Å². The Morgan fingerprint density at radius 2 is 2.47 bits per heavy atom. The molecule has 2 aromatic rings. The van der Waals surface area contributed by atoms with Crippen molar-refractivity contribution in [3.63, 3.8) is 0 Å². The highest BCUT2D eigenvalue weighted by atomic mass is 14.8. The number of pyridine rings is 1. The van der Waals surface area contributed by atoms with Gasteiger partial charge in [-0.1, -0.05) is 12.2 Å². The summed E-state index contributed by atoms with van der Waals surface area (Å²) in [7, 11) is 1.96.